The normalized spacial score (nSPS) is 11.0. The van der Waals surface area contributed by atoms with E-state index in [-0.39, 0.29) is 11.2 Å². The van der Waals surface area contributed by atoms with E-state index >= 15 is 0 Å². The third-order valence-corrected chi connectivity index (χ3v) is 2.10. The largest absolute Gasteiger partial charge is 0.393 e. The van der Waals surface area contributed by atoms with Crippen LogP contribution in [0.15, 0.2) is 4.79 Å². The molecule has 0 atom stereocenters. The minimum Gasteiger partial charge on any atom is -0.393 e. The predicted molar refractivity (Wildman–Crippen MR) is 52.1 cm³/mol. The van der Waals surface area contributed by atoms with Gasteiger partial charge in [-0.1, -0.05) is 6.92 Å². The quantitative estimate of drug-likeness (QED) is 0.660. The number of nitrogens with two attached hydrogens (primary N) is 1. The van der Waals surface area contributed by atoms with Gasteiger partial charge in [0, 0.05) is 6.42 Å². The summed E-state index contributed by atoms with van der Waals surface area (Å²) in [5.74, 6) is 1.10. The molecule has 0 radical (unpaired) electrons. The SMILES string of the molecule is CCc1nc2nc(C)c(N)c(=O)n2[nH]1. The Morgan fingerprint density at radius 2 is 2.21 bits per heavy atom. The van der Waals surface area contributed by atoms with Crippen LogP contribution in [0.25, 0.3) is 5.78 Å². The lowest BCUT2D eigenvalue weighted by molar-refractivity contribution is 0.852. The molecule has 0 spiro atoms. The van der Waals surface area contributed by atoms with E-state index in [1.54, 1.807) is 6.92 Å². The first-order chi connectivity index (χ1) is 6.63. The van der Waals surface area contributed by atoms with Crippen molar-refractivity contribution < 1.29 is 0 Å². The summed E-state index contributed by atoms with van der Waals surface area (Å²) in [5.41, 5.74) is 5.94. The molecule has 6 heteroatoms. The van der Waals surface area contributed by atoms with Gasteiger partial charge in [-0.3, -0.25) is 9.89 Å². The van der Waals surface area contributed by atoms with Crippen LogP contribution in [0.5, 0.6) is 0 Å². The Morgan fingerprint density at radius 3 is 2.86 bits per heavy atom. The number of hydrogen-bond acceptors (Lipinski definition) is 4. The molecule has 2 aromatic heterocycles. The van der Waals surface area contributed by atoms with E-state index in [4.69, 9.17) is 5.73 Å². The molecule has 2 heterocycles. The molecule has 0 aromatic carbocycles. The fourth-order valence-corrected chi connectivity index (χ4v) is 1.23. The average Bonchev–Trinajstić information content (AvgIpc) is 2.57. The van der Waals surface area contributed by atoms with Crippen LogP contribution in [0.3, 0.4) is 0 Å². The van der Waals surface area contributed by atoms with Crippen LogP contribution in [0, 0.1) is 6.92 Å². The number of aromatic nitrogens is 4. The topological polar surface area (TPSA) is 89.1 Å². The van der Waals surface area contributed by atoms with Crippen LogP contribution >= 0.6 is 0 Å². The van der Waals surface area contributed by atoms with Crippen molar-refractivity contribution in [1.82, 2.24) is 19.6 Å². The molecule has 6 nitrogen and oxygen atoms in total. The fraction of sp³-hybridized carbons (Fsp3) is 0.375. The molecular formula is C8H11N5O. The second kappa shape index (κ2) is 2.83. The molecular weight excluding hydrogens is 182 g/mol. The Morgan fingerprint density at radius 1 is 1.50 bits per heavy atom. The maximum atomic E-state index is 11.6. The highest BCUT2D eigenvalue weighted by Gasteiger charge is 2.09. The van der Waals surface area contributed by atoms with E-state index in [2.05, 4.69) is 15.1 Å². The van der Waals surface area contributed by atoms with Gasteiger partial charge in [-0.2, -0.15) is 9.50 Å². The first-order valence-corrected chi connectivity index (χ1v) is 4.37. The van der Waals surface area contributed by atoms with E-state index in [1.165, 1.54) is 4.52 Å². The van der Waals surface area contributed by atoms with Gasteiger partial charge in [-0.05, 0) is 6.92 Å². The molecule has 2 rings (SSSR count). The van der Waals surface area contributed by atoms with Gasteiger partial charge >= 0.3 is 0 Å². The van der Waals surface area contributed by atoms with Crippen LogP contribution < -0.4 is 11.3 Å². The smallest absolute Gasteiger partial charge is 0.297 e. The van der Waals surface area contributed by atoms with Gasteiger partial charge in [0.25, 0.3) is 11.3 Å². The number of fused-ring (bicyclic) bond motifs is 1. The average molecular weight is 193 g/mol. The summed E-state index contributed by atoms with van der Waals surface area (Å²) >= 11 is 0. The van der Waals surface area contributed by atoms with Crippen molar-refractivity contribution >= 4 is 11.5 Å². The molecule has 74 valence electrons. The zero-order valence-corrected chi connectivity index (χ0v) is 8.03. The van der Waals surface area contributed by atoms with E-state index in [9.17, 15) is 4.79 Å². The van der Waals surface area contributed by atoms with Crippen LogP contribution in [-0.2, 0) is 6.42 Å². The number of rotatable bonds is 1. The maximum absolute atomic E-state index is 11.6. The number of aryl methyl sites for hydroxylation is 2. The lowest BCUT2D eigenvalue weighted by atomic mass is 10.4. The van der Waals surface area contributed by atoms with Crippen LogP contribution in [0.2, 0.25) is 0 Å². The summed E-state index contributed by atoms with van der Waals surface area (Å²) in [7, 11) is 0. The van der Waals surface area contributed by atoms with Crippen molar-refractivity contribution in [2.45, 2.75) is 20.3 Å². The molecule has 0 aliphatic carbocycles. The van der Waals surface area contributed by atoms with E-state index in [1.807, 2.05) is 6.92 Å². The van der Waals surface area contributed by atoms with Gasteiger partial charge in [-0.15, -0.1) is 0 Å². The Labute approximate surface area is 79.8 Å². The molecule has 0 saturated carbocycles. The van der Waals surface area contributed by atoms with Gasteiger partial charge < -0.3 is 5.73 Å². The highest BCUT2D eigenvalue weighted by molar-refractivity contribution is 5.44. The van der Waals surface area contributed by atoms with Crippen molar-refractivity contribution in [3.05, 3.63) is 21.9 Å². The van der Waals surface area contributed by atoms with Gasteiger partial charge in [0.1, 0.15) is 11.5 Å². The van der Waals surface area contributed by atoms with Crippen molar-refractivity contribution in [2.24, 2.45) is 0 Å². The van der Waals surface area contributed by atoms with Crippen LogP contribution in [0.4, 0.5) is 5.69 Å². The molecule has 0 fully saturated rings. The number of nitrogens with zero attached hydrogens (tertiary/aromatic N) is 3. The summed E-state index contributed by atoms with van der Waals surface area (Å²) in [6.45, 7) is 3.63. The third kappa shape index (κ3) is 1.07. The van der Waals surface area contributed by atoms with Gasteiger partial charge in [0.15, 0.2) is 0 Å². The Bertz CT molecular complexity index is 538. The molecule has 0 amide bonds. The monoisotopic (exact) mass is 193 g/mol. The number of nitrogens with one attached hydrogen (secondary N) is 1. The zero-order chi connectivity index (χ0) is 10.3. The number of anilines is 1. The first-order valence-electron chi connectivity index (χ1n) is 4.37. The third-order valence-electron chi connectivity index (χ3n) is 2.10. The van der Waals surface area contributed by atoms with E-state index < -0.39 is 0 Å². The zero-order valence-electron chi connectivity index (χ0n) is 8.03. The van der Waals surface area contributed by atoms with Crippen molar-refractivity contribution in [2.75, 3.05) is 5.73 Å². The Kier molecular flexibility index (Phi) is 1.77. The van der Waals surface area contributed by atoms with Crippen LogP contribution in [-0.4, -0.2) is 19.6 Å². The second-order valence-electron chi connectivity index (χ2n) is 3.08. The number of hydrogen-bond donors (Lipinski definition) is 2. The molecule has 0 bridgehead atoms. The van der Waals surface area contributed by atoms with Gasteiger partial charge in [0.2, 0.25) is 0 Å². The van der Waals surface area contributed by atoms with E-state index in [0.717, 1.165) is 12.2 Å². The Hall–Kier alpha value is -1.85. The molecule has 0 unspecified atom stereocenters. The lowest BCUT2D eigenvalue weighted by Crippen LogP contribution is -2.20. The second-order valence-corrected chi connectivity index (χ2v) is 3.08. The Balaban J connectivity index is 2.88. The highest BCUT2D eigenvalue weighted by atomic mass is 16.1. The molecule has 0 aliphatic heterocycles. The molecule has 3 N–H and O–H groups in total. The fourth-order valence-electron chi connectivity index (χ4n) is 1.23. The summed E-state index contributed by atoms with van der Waals surface area (Å²) in [6.07, 6.45) is 0.724. The summed E-state index contributed by atoms with van der Waals surface area (Å²) in [5, 5.41) is 2.83. The van der Waals surface area contributed by atoms with Crippen molar-refractivity contribution in [3.8, 4) is 0 Å². The number of aromatic amines is 1. The van der Waals surface area contributed by atoms with Gasteiger partial charge in [0.05, 0.1) is 5.69 Å². The number of H-pyrrole nitrogens is 1. The summed E-state index contributed by atoms with van der Waals surface area (Å²) < 4.78 is 1.27. The minimum absolute atomic E-state index is 0.161. The molecule has 0 saturated heterocycles. The highest BCUT2D eigenvalue weighted by Crippen LogP contribution is 2.03. The van der Waals surface area contributed by atoms with Crippen molar-refractivity contribution in [1.29, 1.82) is 0 Å². The van der Waals surface area contributed by atoms with Crippen molar-refractivity contribution in [3.63, 3.8) is 0 Å². The molecule has 2 aromatic rings. The summed E-state index contributed by atoms with van der Waals surface area (Å²) in [6, 6.07) is 0. The lowest BCUT2D eigenvalue weighted by Gasteiger charge is -1.96. The van der Waals surface area contributed by atoms with Gasteiger partial charge in [-0.25, -0.2) is 4.98 Å². The summed E-state index contributed by atoms with van der Waals surface area (Å²) in [4.78, 5) is 19.8. The number of nitrogen functional groups attached to an aromatic ring is 1. The maximum Gasteiger partial charge on any atom is 0.297 e. The van der Waals surface area contributed by atoms with E-state index in [0.29, 0.717) is 11.5 Å². The standard InChI is InChI=1S/C8H11N5O/c1-3-5-11-8-10-4(2)6(9)7(14)13(8)12-5/h3,9H2,1-2H3,(H,10,11,12). The predicted octanol–water partition coefficient (Wildman–Crippen LogP) is -0.129. The molecule has 14 heavy (non-hydrogen) atoms. The van der Waals surface area contributed by atoms with Crippen LogP contribution in [0.1, 0.15) is 18.4 Å². The minimum atomic E-state index is -0.292. The molecule has 0 aliphatic rings. The first kappa shape index (κ1) is 8.74.